The van der Waals surface area contributed by atoms with E-state index in [4.69, 9.17) is 16.6 Å². The number of guanidine groups is 1. The van der Waals surface area contributed by atoms with Crippen molar-refractivity contribution in [1.29, 1.82) is 0 Å². The highest BCUT2D eigenvalue weighted by Gasteiger charge is 2.32. The van der Waals surface area contributed by atoms with Gasteiger partial charge >= 0.3 is 11.9 Å². The molecule has 14 nitrogen and oxygen atoms in total. The first-order valence-corrected chi connectivity index (χ1v) is 11.6. The molecule has 4 atom stereocenters. The minimum Gasteiger partial charge on any atom is -0.481 e. The number of carbonyl (C=O) groups is 5. The van der Waals surface area contributed by atoms with Gasteiger partial charge in [-0.1, -0.05) is 13.8 Å². The van der Waals surface area contributed by atoms with Gasteiger partial charge in [0.25, 0.3) is 0 Å². The van der Waals surface area contributed by atoms with Gasteiger partial charge in [0.1, 0.15) is 18.1 Å². The number of carboxylic acid groups (broad SMARTS) is 2. The number of aliphatic carboxylic acids is 2. The molecular weight excluding hydrogens is 462 g/mol. The van der Waals surface area contributed by atoms with Gasteiger partial charge in [0, 0.05) is 13.0 Å². The second kappa shape index (κ2) is 14.8. The molecule has 0 aliphatic carbocycles. The van der Waals surface area contributed by atoms with Crippen molar-refractivity contribution in [3.8, 4) is 0 Å². The molecule has 0 aromatic carbocycles. The number of amides is 3. The maximum absolute atomic E-state index is 13.0. The fourth-order valence-electron chi connectivity index (χ4n) is 3.53. The van der Waals surface area contributed by atoms with Crippen molar-refractivity contribution in [3.05, 3.63) is 0 Å². The summed E-state index contributed by atoms with van der Waals surface area (Å²) >= 11 is 0. The lowest BCUT2D eigenvalue weighted by Gasteiger charge is -2.27. The fourth-order valence-corrected chi connectivity index (χ4v) is 3.53. The lowest BCUT2D eigenvalue weighted by atomic mass is 10.0. The summed E-state index contributed by atoms with van der Waals surface area (Å²) in [5, 5.41) is 28.8. The molecule has 10 N–H and O–H groups in total. The van der Waals surface area contributed by atoms with E-state index in [1.807, 2.05) is 0 Å². The lowest BCUT2D eigenvalue weighted by molar-refractivity contribution is -0.143. The second-order valence-electron chi connectivity index (χ2n) is 8.72. The van der Waals surface area contributed by atoms with Crippen molar-refractivity contribution in [2.24, 2.45) is 22.4 Å². The average Bonchev–Trinajstić information content (AvgIpc) is 3.30. The molecule has 1 aliphatic heterocycles. The molecule has 35 heavy (non-hydrogen) atoms. The number of nitrogens with one attached hydrogen (secondary N) is 4. The number of hydrogen-bond donors (Lipinski definition) is 8. The van der Waals surface area contributed by atoms with E-state index in [1.54, 1.807) is 13.8 Å². The summed E-state index contributed by atoms with van der Waals surface area (Å²) in [6.07, 6.45) is 1.07. The molecule has 198 valence electrons. The lowest BCUT2D eigenvalue weighted by Crippen LogP contribution is -2.58. The molecule has 1 fully saturated rings. The molecule has 3 amide bonds. The number of aliphatic imine (C=N–C) groups is 1. The highest BCUT2D eigenvalue weighted by atomic mass is 16.4. The Balaban J connectivity index is 2.94. The topological polar surface area (TPSA) is 238 Å². The molecule has 0 radical (unpaired) electrons. The number of nitrogens with two attached hydrogens (primary N) is 2. The average molecular weight is 500 g/mol. The first-order valence-electron chi connectivity index (χ1n) is 11.6. The van der Waals surface area contributed by atoms with E-state index < -0.39 is 54.3 Å². The third kappa shape index (κ3) is 11.0. The molecular formula is C21H37N7O7. The molecule has 1 aliphatic rings. The van der Waals surface area contributed by atoms with Crippen LogP contribution < -0.4 is 32.7 Å². The van der Waals surface area contributed by atoms with Crippen LogP contribution in [0, 0.1) is 5.92 Å². The summed E-state index contributed by atoms with van der Waals surface area (Å²) in [5.74, 6) is -4.77. The van der Waals surface area contributed by atoms with E-state index >= 15 is 0 Å². The van der Waals surface area contributed by atoms with Crippen molar-refractivity contribution < 1.29 is 34.2 Å². The summed E-state index contributed by atoms with van der Waals surface area (Å²) in [6.45, 7) is 4.36. The molecule has 0 spiro atoms. The third-order valence-corrected chi connectivity index (χ3v) is 5.46. The van der Waals surface area contributed by atoms with Crippen molar-refractivity contribution in [3.63, 3.8) is 0 Å². The van der Waals surface area contributed by atoms with Gasteiger partial charge in [-0.2, -0.15) is 0 Å². The molecule has 14 heteroatoms. The fraction of sp³-hybridized carbons (Fsp3) is 0.714. The van der Waals surface area contributed by atoms with E-state index in [1.165, 1.54) is 0 Å². The van der Waals surface area contributed by atoms with Crippen LogP contribution in [0.2, 0.25) is 0 Å². The Morgan fingerprint density at radius 1 is 1.00 bits per heavy atom. The van der Waals surface area contributed by atoms with Crippen LogP contribution in [-0.4, -0.2) is 83.1 Å². The highest BCUT2D eigenvalue weighted by molar-refractivity contribution is 5.94. The van der Waals surface area contributed by atoms with Gasteiger partial charge in [0.2, 0.25) is 17.7 Å². The quantitative estimate of drug-likeness (QED) is 0.0690. The summed E-state index contributed by atoms with van der Waals surface area (Å²) in [7, 11) is 0. The molecule has 1 saturated heterocycles. The van der Waals surface area contributed by atoms with Crippen LogP contribution in [-0.2, 0) is 24.0 Å². The van der Waals surface area contributed by atoms with Crippen LogP contribution in [0.15, 0.2) is 4.99 Å². The zero-order valence-electron chi connectivity index (χ0n) is 20.1. The SMILES string of the molecule is CC(C)C(NC(=O)C1CCCN1)C(=O)NC(CCCN=C(N)N)C(=O)NC(CCC(=O)O)C(=O)O. The Hall–Kier alpha value is -3.42. The highest BCUT2D eigenvalue weighted by Crippen LogP contribution is 2.09. The Morgan fingerprint density at radius 2 is 1.66 bits per heavy atom. The molecule has 0 aromatic rings. The van der Waals surface area contributed by atoms with Crippen LogP contribution in [0.3, 0.4) is 0 Å². The standard InChI is InChI=1S/C21H37N7O7/c1-11(2)16(28-17(31)12-5-3-9-24-12)19(33)26-13(6-4-10-25-21(22)23)18(32)27-14(20(34)35)7-8-15(29)30/h11-14,16,24H,3-10H2,1-2H3,(H,26,33)(H,27,32)(H,28,31)(H,29,30)(H,34,35)(H4,22,23,25). The molecule has 0 bridgehead atoms. The normalized spacial score (nSPS) is 17.6. The summed E-state index contributed by atoms with van der Waals surface area (Å²) < 4.78 is 0. The number of carboxylic acids is 2. The van der Waals surface area contributed by atoms with Crippen molar-refractivity contribution in [2.45, 2.75) is 76.5 Å². The summed E-state index contributed by atoms with van der Waals surface area (Å²) in [6, 6.07) is -3.94. The van der Waals surface area contributed by atoms with Gasteiger partial charge in [-0.3, -0.25) is 24.2 Å². The zero-order chi connectivity index (χ0) is 26.5. The molecule has 0 saturated carbocycles. The first-order chi connectivity index (χ1) is 16.4. The maximum atomic E-state index is 13.0. The number of rotatable bonds is 15. The van der Waals surface area contributed by atoms with E-state index in [0.717, 1.165) is 6.42 Å². The Bertz CT molecular complexity index is 793. The van der Waals surface area contributed by atoms with E-state index in [2.05, 4.69) is 26.3 Å². The molecule has 4 unspecified atom stereocenters. The Labute approximate surface area is 203 Å². The molecule has 1 heterocycles. The first kappa shape index (κ1) is 29.6. The second-order valence-corrected chi connectivity index (χ2v) is 8.72. The zero-order valence-corrected chi connectivity index (χ0v) is 20.1. The van der Waals surface area contributed by atoms with Crippen LogP contribution in [0.4, 0.5) is 0 Å². The van der Waals surface area contributed by atoms with Gasteiger partial charge in [0.05, 0.1) is 6.04 Å². The molecule has 0 aromatic heterocycles. The minimum atomic E-state index is -1.45. The van der Waals surface area contributed by atoms with Crippen LogP contribution in [0.5, 0.6) is 0 Å². The van der Waals surface area contributed by atoms with Crippen molar-refractivity contribution in [2.75, 3.05) is 13.1 Å². The number of nitrogens with zero attached hydrogens (tertiary/aromatic N) is 1. The number of hydrogen-bond acceptors (Lipinski definition) is 7. The van der Waals surface area contributed by atoms with Gasteiger partial charge in [-0.15, -0.1) is 0 Å². The number of carbonyl (C=O) groups excluding carboxylic acids is 3. The van der Waals surface area contributed by atoms with Crippen molar-refractivity contribution >= 4 is 35.6 Å². The molecule has 1 rings (SSSR count). The third-order valence-electron chi connectivity index (χ3n) is 5.46. The maximum Gasteiger partial charge on any atom is 0.326 e. The largest absolute Gasteiger partial charge is 0.481 e. The van der Waals surface area contributed by atoms with Crippen molar-refractivity contribution in [1.82, 2.24) is 21.3 Å². The van der Waals surface area contributed by atoms with Crippen LogP contribution in [0.25, 0.3) is 0 Å². The predicted molar refractivity (Wildman–Crippen MR) is 126 cm³/mol. The van der Waals surface area contributed by atoms with E-state index in [9.17, 15) is 29.1 Å². The van der Waals surface area contributed by atoms with E-state index in [0.29, 0.717) is 13.0 Å². The monoisotopic (exact) mass is 499 g/mol. The summed E-state index contributed by atoms with van der Waals surface area (Å²) in [5.41, 5.74) is 10.6. The van der Waals surface area contributed by atoms with E-state index in [-0.39, 0.29) is 43.6 Å². The van der Waals surface area contributed by atoms with Crippen LogP contribution >= 0.6 is 0 Å². The Kier molecular flexibility index (Phi) is 12.5. The van der Waals surface area contributed by atoms with Gasteiger partial charge in [-0.25, -0.2) is 4.79 Å². The minimum absolute atomic E-state index is 0.0720. The van der Waals surface area contributed by atoms with Crippen LogP contribution in [0.1, 0.15) is 52.4 Å². The van der Waals surface area contributed by atoms with Gasteiger partial charge in [-0.05, 0) is 44.6 Å². The summed E-state index contributed by atoms with van der Waals surface area (Å²) in [4.78, 5) is 64.5. The van der Waals surface area contributed by atoms with Gasteiger partial charge < -0.3 is 42.9 Å². The smallest absolute Gasteiger partial charge is 0.326 e. The Morgan fingerprint density at radius 3 is 2.17 bits per heavy atom. The van der Waals surface area contributed by atoms with Gasteiger partial charge in [0.15, 0.2) is 5.96 Å². The predicted octanol–water partition coefficient (Wildman–Crippen LogP) is -2.15.